The van der Waals surface area contributed by atoms with Crippen LogP contribution >= 0.6 is 0 Å². The van der Waals surface area contributed by atoms with E-state index in [9.17, 15) is 5.11 Å². The Morgan fingerprint density at radius 3 is 1.37 bits per heavy atom. The third-order valence-corrected chi connectivity index (χ3v) is 6.85. The lowest BCUT2D eigenvalue weighted by atomic mass is 9.61. The summed E-state index contributed by atoms with van der Waals surface area (Å²) in [6.45, 7) is 11.6. The molecule has 0 aromatic heterocycles. The van der Waals surface area contributed by atoms with E-state index in [0.29, 0.717) is 11.8 Å². The van der Waals surface area contributed by atoms with Crippen molar-refractivity contribution in [1.82, 2.24) is 0 Å². The summed E-state index contributed by atoms with van der Waals surface area (Å²) >= 11 is 0. The van der Waals surface area contributed by atoms with Crippen molar-refractivity contribution < 1.29 is 5.11 Å². The van der Waals surface area contributed by atoms with E-state index in [4.69, 9.17) is 0 Å². The van der Waals surface area contributed by atoms with Gasteiger partial charge in [-0.1, -0.05) is 40.5 Å². The summed E-state index contributed by atoms with van der Waals surface area (Å²) in [5.74, 6) is 4.32. The Bertz CT molecular complexity index is 268. The fourth-order valence-corrected chi connectivity index (χ4v) is 4.49. The standard InChI is InChI=1S/C18H34O/c1-12-6-8-16(10-14(12)3)18(5,19)17-9-7-13(2)15(4)11-17/h12-17,19H,6-11H2,1-5H3. The van der Waals surface area contributed by atoms with Gasteiger partial charge in [0.15, 0.2) is 0 Å². The van der Waals surface area contributed by atoms with E-state index >= 15 is 0 Å². The Morgan fingerprint density at radius 1 is 0.684 bits per heavy atom. The quantitative estimate of drug-likeness (QED) is 0.755. The molecule has 112 valence electrons. The number of hydrogen-bond acceptors (Lipinski definition) is 1. The van der Waals surface area contributed by atoms with Crippen LogP contribution in [0.5, 0.6) is 0 Å². The smallest absolute Gasteiger partial charge is 0.0676 e. The summed E-state index contributed by atoms with van der Waals surface area (Å²) in [6, 6.07) is 0. The van der Waals surface area contributed by atoms with E-state index in [1.807, 2.05) is 0 Å². The van der Waals surface area contributed by atoms with E-state index in [-0.39, 0.29) is 0 Å². The molecule has 0 saturated heterocycles. The van der Waals surface area contributed by atoms with Gasteiger partial charge in [-0.25, -0.2) is 0 Å². The highest BCUT2D eigenvalue weighted by atomic mass is 16.3. The highest BCUT2D eigenvalue weighted by molar-refractivity contribution is 4.95. The first-order valence-corrected chi connectivity index (χ1v) is 8.54. The molecular weight excluding hydrogens is 232 g/mol. The molecule has 0 bridgehead atoms. The third kappa shape index (κ3) is 3.17. The Balaban J connectivity index is 2.01. The Kier molecular flexibility index (Phi) is 4.65. The van der Waals surface area contributed by atoms with Gasteiger partial charge in [0.2, 0.25) is 0 Å². The van der Waals surface area contributed by atoms with Crippen LogP contribution in [0.2, 0.25) is 0 Å². The molecule has 2 aliphatic carbocycles. The SMILES string of the molecule is CC1CCC(C(C)(O)C2CCC(C)C(C)C2)CC1C. The number of aliphatic hydroxyl groups is 1. The molecule has 1 N–H and O–H groups in total. The molecule has 6 unspecified atom stereocenters. The lowest BCUT2D eigenvalue weighted by molar-refractivity contribution is -0.0956. The van der Waals surface area contributed by atoms with Crippen LogP contribution in [-0.4, -0.2) is 10.7 Å². The second-order valence-corrected chi connectivity index (χ2v) is 8.15. The van der Waals surface area contributed by atoms with E-state index in [1.54, 1.807) is 0 Å². The molecule has 0 heterocycles. The van der Waals surface area contributed by atoms with Crippen LogP contribution in [0.3, 0.4) is 0 Å². The molecule has 0 radical (unpaired) electrons. The summed E-state index contributed by atoms with van der Waals surface area (Å²) in [7, 11) is 0. The zero-order valence-corrected chi connectivity index (χ0v) is 13.7. The molecule has 0 aliphatic heterocycles. The maximum atomic E-state index is 11.2. The second kappa shape index (κ2) is 5.76. The van der Waals surface area contributed by atoms with Gasteiger partial charge in [0, 0.05) is 0 Å². The molecule has 2 aliphatic rings. The van der Waals surface area contributed by atoms with Crippen LogP contribution < -0.4 is 0 Å². The predicted molar refractivity (Wildman–Crippen MR) is 82.0 cm³/mol. The van der Waals surface area contributed by atoms with Crippen LogP contribution in [0.15, 0.2) is 0 Å². The molecule has 0 spiro atoms. The fraction of sp³-hybridized carbons (Fsp3) is 1.00. The third-order valence-electron chi connectivity index (χ3n) is 6.85. The molecule has 1 heteroatoms. The molecule has 0 amide bonds. The molecule has 2 saturated carbocycles. The largest absolute Gasteiger partial charge is 0.390 e. The second-order valence-electron chi connectivity index (χ2n) is 8.15. The molecule has 19 heavy (non-hydrogen) atoms. The van der Waals surface area contributed by atoms with Crippen molar-refractivity contribution in [2.45, 2.75) is 78.7 Å². The fourth-order valence-electron chi connectivity index (χ4n) is 4.49. The highest BCUT2D eigenvalue weighted by Crippen LogP contribution is 2.47. The average molecular weight is 266 g/mol. The molecule has 2 rings (SSSR count). The molecular formula is C18H34O. The van der Waals surface area contributed by atoms with Crippen molar-refractivity contribution in [3.8, 4) is 0 Å². The first-order chi connectivity index (χ1) is 8.82. The van der Waals surface area contributed by atoms with Crippen molar-refractivity contribution in [2.75, 3.05) is 0 Å². The van der Waals surface area contributed by atoms with Crippen molar-refractivity contribution in [1.29, 1.82) is 0 Å². The molecule has 0 aromatic carbocycles. The van der Waals surface area contributed by atoms with Gasteiger partial charge in [0.1, 0.15) is 0 Å². The van der Waals surface area contributed by atoms with E-state index < -0.39 is 5.60 Å². The van der Waals surface area contributed by atoms with E-state index in [0.717, 1.165) is 23.7 Å². The average Bonchev–Trinajstić information content (AvgIpc) is 2.35. The first kappa shape index (κ1) is 15.4. The lowest BCUT2D eigenvalue weighted by Crippen LogP contribution is -2.47. The van der Waals surface area contributed by atoms with Gasteiger partial charge in [0.25, 0.3) is 0 Å². The van der Waals surface area contributed by atoms with E-state index in [2.05, 4.69) is 34.6 Å². The van der Waals surface area contributed by atoms with Gasteiger partial charge in [-0.3, -0.25) is 0 Å². The van der Waals surface area contributed by atoms with Gasteiger partial charge in [-0.15, -0.1) is 0 Å². The zero-order chi connectivity index (χ0) is 14.2. The zero-order valence-electron chi connectivity index (χ0n) is 13.7. The van der Waals surface area contributed by atoms with Crippen LogP contribution in [-0.2, 0) is 0 Å². The minimum Gasteiger partial charge on any atom is -0.390 e. The minimum absolute atomic E-state index is 0.428. The minimum atomic E-state index is -0.428. The Labute approximate surface area is 120 Å². The van der Waals surface area contributed by atoms with Crippen LogP contribution in [0, 0.1) is 35.5 Å². The molecule has 6 atom stereocenters. The lowest BCUT2D eigenvalue weighted by Gasteiger charge is -2.47. The Hall–Kier alpha value is -0.0400. The monoisotopic (exact) mass is 266 g/mol. The first-order valence-electron chi connectivity index (χ1n) is 8.54. The number of hydrogen-bond donors (Lipinski definition) is 1. The Morgan fingerprint density at radius 2 is 1.05 bits per heavy atom. The van der Waals surface area contributed by atoms with Gasteiger partial charge in [-0.05, 0) is 68.1 Å². The predicted octanol–water partition coefficient (Wildman–Crippen LogP) is 4.88. The maximum absolute atomic E-state index is 11.2. The van der Waals surface area contributed by atoms with Gasteiger partial charge in [0.05, 0.1) is 5.60 Å². The van der Waals surface area contributed by atoms with Crippen molar-refractivity contribution >= 4 is 0 Å². The number of rotatable bonds is 2. The van der Waals surface area contributed by atoms with Gasteiger partial charge in [-0.2, -0.15) is 0 Å². The van der Waals surface area contributed by atoms with Gasteiger partial charge < -0.3 is 5.11 Å². The van der Waals surface area contributed by atoms with Crippen LogP contribution in [0.4, 0.5) is 0 Å². The summed E-state index contributed by atoms with van der Waals surface area (Å²) < 4.78 is 0. The van der Waals surface area contributed by atoms with Crippen LogP contribution in [0.1, 0.15) is 73.1 Å². The van der Waals surface area contributed by atoms with Crippen molar-refractivity contribution in [3.63, 3.8) is 0 Å². The highest BCUT2D eigenvalue weighted by Gasteiger charge is 2.44. The molecule has 0 aromatic rings. The van der Waals surface area contributed by atoms with Crippen molar-refractivity contribution in [2.24, 2.45) is 35.5 Å². The maximum Gasteiger partial charge on any atom is 0.0676 e. The summed E-state index contributed by atoms with van der Waals surface area (Å²) in [5.41, 5.74) is -0.428. The topological polar surface area (TPSA) is 20.2 Å². The molecule has 1 nitrogen and oxygen atoms in total. The summed E-state index contributed by atoms with van der Waals surface area (Å²) in [6.07, 6.45) is 7.54. The van der Waals surface area contributed by atoms with Gasteiger partial charge >= 0.3 is 0 Å². The normalized spacial score (nSPS) is 47.7. The molecule has 2 fully saturated rings. The van der Waals surface area contributed by atoms with Crippen LogP contribution in [0.25, 0.3) is 0 Å². The summed E-state index contributed by atoms with van der Waals surface area (Å²) in [5, 5.41) is 11.2. The van der Waals surface area contributed by atoms with Crippen molar-refractivity contribution in [3.05, 3.63) is 0 Å². The van der Waals surface area contributed by atoms with E-state index in [1.165, 1.54) is 38.5 Å². The summed E-state index contributed by atoms with van der Waals surface area (Å²) in [4.78, 5) is 0.